The van der Waals surface area contributed by atoms with Crippen LogP contribution in [0.1, 0.15) is 49.9 Å². The highest BCUT2D eigenvalue weighted by Crippen LogP contribution is 2.50. The van der Waals surface area contributed by atoms with Crippen molar-refractivity contribution in [1.82, 2.24) is 4.90 Å². The van der Waals surface area contributed by atoms with E-state index in [1.165, 1.54) is 19.1 Å². The van der Waals surface area contributed by atoms with Crippen molar-refractivity contribution < 1.29 is 18.3 Å². The van der Waals surface area contributed by atoms with E-state index in [9.17, 15) is 9.50 Å². The Morgan fingerprint density at radius 3 is 2.52 bits per heavy atom. The summed E-state index contributed by atoms with van der Waals surface area (Å²) in [6.07, 6.45) is 1.25. The molecule has 3 atom stereocenters. The van der Waals surface area contributed by atoms with E-state index in [4.69, 9.17) is 0 Å². The van der Waals surface area contributed by atoms with Crippen LogP contribution in [-0.4, -0.2) is 41.4 Å². The number of halogens is 3. The van der Waals surface area contributed by atoms with E-state index in [1.54, 1.807) is 0 Å². The van der Waals surface area contributed by atoms with Gasteiger partial charge in [0.1, 0.15) is 17.3 Å². The van der Waals surface area contributed by atoms with Gasteiger partial charge in [-0.2, -0.15) is 0 Å². The molecule has 0 saturated carbocycles. The number of rotatable bonds is 6. The molecular formula is C25H29F3N2O. The molecule has 2 aliphatic rings. The Balaban J connectivity index is 1.87. The zero-order valence-corrected chi connectivity index (χ0v) is 18.2. The van der Waals surface area contributed by atoms with Gasteiger partial charge in [-0.05, 0) is 68.0 Å². The van der Waals surface area contributed by atoms with Crippen LogP contribution in [0, 0.1) is 11.6 Å². The van der Waals surface area contributed by atoms with Crippen molar-refractivity contribution >= 4 is 11.3 Å². The molecule has 2 N–H and O–H groups in total. The average Bonchev–Trinajstić information content (AvgIpc) is 3.08. The highest BCUT2D eigenvalue weighted by atomic mass is 19.1. The monoisotopic (exact) mass is 430 g/mol. The van der Waals surface area contributed by atoms with Crippen molar-refractivity contribution in [3.05, 3.63) is 70.3 Å². The molecule has 1 aliphatic carbocycles. The van der Waals surface area contributed by atoms with Crippen molar-refractivity contribution in [3.8, 4) is 0 Å². The second-order valence-electron chi connectivity index (χ2n) is 8.92. The molecule has 166 valence electrons. The summed E-state index contributed by atoms with van der Waals surface area (Å²) >= 11 is 0. The Kier molecular flexibility index (Phi) is 5.88. The number of benzene rings is 2. The summed E-state index contributed by atoms with van der Waals surface area (Å²) in [4.78, 5) is 1.81. The number of nitrogens with one attached hydrogen (secondary N) is 1. The summed E-state index contributed by atoms with van der Waals surface area (Å²) in [5, 5.41) is 12.5. The van der Waals surface area contributed by atoms with Gasteiger partial charge < -0.3 is 10.4 Å². The molecule has 0 amide bonds. The van der Waals surface area contributed by atoms with Gasteiger partial charge >= 0.3 is 0 Å². The molecule has 0 fully saturated rings. The van der Waals surface area contributed by atoms with Crippen molar-refractivity contribution in [2.75, 3.05) is 25.0 Å². The van der Waals surface area contributed by atoms with Crippen LogP contribution < -0.4 is 5.32 Å². The first-order chi connectivity index (χ1) is 14.8. The predicted octanol–water partition coefficient (Wildman–Crippen LogP) is 5.26. The molecule has 2 aromatic carbocycles. The summed E-state index contributed by atoms with van der Waals surface area (Å²) < 4.78 is 45.6. The minimum absolute atomic E-state index is 0.0535. The fourth-order valence-corrected chi connectivity index (χ4v) is 4.99. The number of hydrogen-bond acceptors (Lipinski definition) is 3. The number of aliphatic hydroxyl groups excluding tert-OH is 1. The second-order valence-corrected chi connectivity index (χ2v) is 8.92. The minimum atomic E-state index is -1.88. The maximum absolute atomic E-state index is 15.3. The van der Waals surface area contributed by atoms with Gasteiger partial charge in [0.15, 0.2) is 0 Å². The van der Waals surface area contributed by atoms with Gasteiger partial charge in [0, 0.05) is 30.4 Å². The minimum Gasteiger partial charge on any atom is -0.393 e. The van der Waals surface area contributed by atoms with Gasteiger partial charge in [-0.3, -0.25) is 4.90 Å². The molecule has 6 heteroatoms. The first-order valence-corrected chi connectivity index (χ1v) is 10.8. The molecule has 0 saturated heterocycles. The first-order valence-electron chi connectivity index (χ1n) is 10.8. The van der Waals surface area contributed by atoms with Crippen molar-refractivity contribution in [2.24, 2.45) is 0 Å². The molecule has 0 spiro atoms. The molecule has 2 aromatic rings. The molecule has 3 nitrogen and oxygen atoms in total. The predicted molar refractivity (Wildman–Crippen MR) is 118 cm³/mol. The smallest absolute Gasteiger partial charge is 0.143 e. The lowest BCUT2D eigenvalue weighted by atomic mass is 9.84. The SMILES string of the molecule is CCNc1cc(F)c(C2C3=C(CC(C)N2CC(C)(F)CO)c2ccccc2C3)c(F)c1. The Bertz CT molecular complexity index is 995. The summed E-state index contributed by atoms with van der Waals surface area (Å²) in [5.74, 6) is -1.29. The normalized spacial score (nSPS) is 22.8. The Morgan fingerprint density at radius 1 is 1.19 bits per heavy atom. The third-order valence-electron chi connectivity index (χ3n) is 6.41. The van der Waals surface area contributed by atoms with Gasteiger partial charge in [-0.25, -0.2) is 13.2 Å². The zero-order valence-electron chi connectivity index (χ0n) is 18.2. The van der Waals surface area contributed by atoms with E-state index in [0.717, 1.165) is 22.3 Å². The third-order valence-corrected chi connectivity index (χ3v) is 6.41. The quantitative estimate of drug-likeness (QED) is 0.656. The summed E-state index contributed by atoms with van der Waals surface area (Å²) in [7, 11) is 0. The van der Waals surface area contributed by atoms with E-state index < -0.39 is 30.0 Å². The molecule has 31 heavy (non-hydrogen) atoms. The second kappa shape index (κ2) is 8.32. The standard InChI is InChI=1S/C25H29F3N2O/c1-4-29-17-11-21(26)23(22(27)12-17)24-20-10-16-7-5-6-8-18(16)19(20)9-15(2)30(24)13-25(3,28)14-31/h5-8,11-12,15,24,29,31H,4,9-10,13-14H2,1-3H3. The van der Waals surface area contributed by atoms with Gasteiger partial charge in [0.25, 0.3) is 0 Å². The Hall–Kier alpha value is -2.31. The first kappa shape index (κ1) is 21.9. The number of nitrogens with zero attached hydrogens (tertiary/aromatic N) is 1. The summed E-state index contributed by atoms with van der Waals surface area (Å²) in [6, 6.07) is 9.75. The molecule has 0 radical (unpaired) electrons. The van der Waals surface area contributed by atoms with E-state index in [0.29, 0.717) is 25.1 Å². The van der Waals surface area contributed by atoms with Crippen molar-refractivity contribution in [3.63, 3.8) is 0 Å². The van der Waals surface area contributed by atoms with Crippen LogP contribution in [0.5, 0.6) is 0 Å². The molecule has 1 aliphatic heterocycles. The van der Waals surface area contributed by atoms with E-state index >= 15 is 8.78 Å². The van der Waals surface area contributed by atoms with Crippen molar-refractivity contribution in [1.29, 1.82) is 0 Å². The van der Waals surface area contributed by atoms with Gasteiger partial charge in [-0.1, -0.05) is 24.3 Å². The lowest BCUT2D eigenvalue weighted by Gasteiger charge is -2.44. The number of alkyl halides is 1. The van der Waals surface area contributed by atoms with E-state index in [1.807, 2.05) is 43.0 Å². The molecule has 4 rings (SSSR count). The van der Waals surface area contributed by atoms with Gasteiger partial charge in [0.2, 0.25) is 0 Å². The fourth-order valence-electron chi connectivity index (χ4n) is 4.99. The largest absolute Gasteiger partial charge is 0.393 e. The number of aliphatic hydroxyl groups is 1. The van der Waals surface area contributed by atoms with E-state index in [-0.39, 0.29) is 18.2 Å². The topological polar surface area (TPSA) is 35.5 Å². The third kappa shape index (κ3) is 3.99. The van der Waals surface area contributed by atoms with Crippen LogP contribution in [0.25, 0.3) is 5.57 Å². The maximum Gasteiger partial charge on any atom is 0.143 e. The van der Waals surface area contributed by atoms with Crippen LogP contribution in [0.4, 0.5) is 18.9 Å². The highest BCUT2D eigenvalue weighted by molar-refractivity contribution is 5.79. The molecule has 0 aromatic heterocycles. The zero-order chi connectivity index (χ0) is 22.3. The molecule has 1 heterocycles. The Labute approximate surface area is 181 Å². The lowest BCUT2D eigenvalue weighted by molar-refractivity contribution is 0.0181. The van der Waals surface area contributed by atoms with Gasteiger partial charge in [0.05, 0.1) is 12.6 Å². The number of fused-ring (bicyclic) bond motifs is 2. The summed E-state index contributed by atoms with van der Waals surface area (Å²) in [6.45, 7) is 4.92. The van der Waals surface area contributed by atoms with Gasteiger partial charge in [-0.15, -0.1) is 0 Å². The van der Waals surface area contributed by atoms with Crippen LogP contribution in [-0.2, 0) is 6.42 Å². The molecule has 0 bridgehead atoms. The lowest BCUT2D eigenvalue weighted by Crippen LogP contribution is -2.49. The van der Waals surface area contributed by atoms with Crippen molar-refractivity contribution in [2.45, 2.75) is 51.4 Å². The van der Waals surface area contributed by atoms with Crippen LogP contribution in [0.15, 0.2) is 42.0 Å². The van der Waals surface area contributed by atoms with E-state index in [2.05, 4.69) is 5.32 Å². The van der Waals surface area contributed by atoms with Crippen LogP contribution >= 0.6 is 0 Å². The number of hydrogen-bond donors (Lipinski definition) is 2. The molecular weight excluding hydrogens is 401 g/mol. The Morgan fingerprint density at radius 2 is 1.87 bits per heavy atom. The maximum atomic E-state index is 15.3. The average molecular weight is 431 g/mol. The van der Waals surface area contributed by atoms with Crippen LogP contribution in [0.2, 0.25) is 0 Å². The fraction of sp³-hybridized carbons (Fsp3) is 0.440. The molecule has 3 unspecified atom stereocenters. The number of anilines is 1. The highest BCUT2D eigenvalue weighted by Gasteiger charge is 2.43. The summed E-state index contributed by atoms with van der Waals surface area (Å²) in [5.41, 5.74) is 2.71. The van der Waals surface area contributed by atoms with Crippen LogP contribution in [0.3, 0.4) is 0 Å².